The van der Waals surface area contributed by atoms with Gasteiger partial charge < -0.3 is 14.8 Å². The quantitative estimate of drug-likeness (QED) is 0.820. The number of alkyl halides is 1. The fourth-order valence-corrected chi connectivity index (χ4v) is 2.73. The highest BCUT2D eigenvalue weighted by Crippen LogP contribution is 2.32. The Hall–Kier alpha value is -1.42. The van der Waals surface area contributed by atoms with E-state index < -0.39 is 0 Å². The third-order valence-electron chi connectivity index (χ3n) is 3.65. The molecule has 1 aliphatic rings. The van der Waals surface area contributed by atoms with E-state index >= 15 is 0 Å². The summed E-state index contributed by atoms with van der Waals surface area (Å²) in [5.41, 5.74) is 0.558. The maximum absolute atomic E-state index is 12.1. The molecule has 2 rings (SSSR count). The zero-order valence-corrected chi connectivity index (χ0v) is 12.6. The molecule has 0 aromatic heterocycles. The summed E-state index contributed by atoms with van der Waals surface area (Å²) in [4.78, 5) is 12.1. The van der Waals surface area contributed by atoms with Crippen molar-refractivity contribution in [1.29, 1.82) is 0 Å². The molecule has 1 aliphatic heterocycles. The molecular weight excluding hydrogens is 278 g/mol. The minimum Gasteiger partial charge on any atom is -0.454 e. The van der Waals surface area contributed by atoms with Crippen molar-refractivity contribution in [3.05, 3.63) is 23.8 Å². The van der Waals surface area contributed by atoms with E-state index in [0.717, 1.165) is 12.8 Å². The summed E-state index contributed by atoms with van der Waals surface area (Å²) >= 11 is 6.31. The van der Waals surface area contributed by atoms with Gasteiger partial charge in [0.2, 0.25) is 6.79 Å². The van der Waals surface area contributed by atoms with Crippen LogP contribution in [0.25, 0.3) is 0 Å². The van der Waals surface area contributed by atoms with Crippen LogP contribution >= 0.6 is 11.6 Å². The number of fused-ring (bicyclic) bond motifs is 1. The molecule has 1 N–H and O–H groups in total. The first-order valence-corrected chi connectivity index (χ1v) is 7.41. The van der Waals surface area contributed by atoms with E-state index in [1.54, 1.807) is 18.2 Å². The van der Waals surface area contributed by atoms with Crippen molar-refractivity contribution in [3.63, 3.8) is 0 Å². The van der Waals surface area contributed by atoms with Crippen LogP contribution in [0.15, 0.2) is 18.2 Å². The van der Waals surface area contributed by atoms with Crippen LogP contribution in [0.3, 0.4) is 0 Å². The predicted molar refractivity (Wildman–Crippen MR) is 78.6 cm³/mol. The lowest BCUT2D eigenvalue weighted by Gasteiger charge is -2.19. The summed E-state index contributed by atoms with van der Waals surface area (Å²) in [5.74, 6) is 1.57. The van der Waals surface area contributed by atoms with Gasteiger partial charge in [-0.25, -0.2) is 0 Å². The van der Waals surface area contributed by atoms with Gasteiger partial charge in [0.15, 0.2) is 11.5 Å². The molecule has 20 heavy (non-hydrogen) atoms. The van der Waals surface area contributed by atoms with Gasteiger partial charge in [0, 0.05) is 12.1 Å². The average Bonchev–Trinajstić information content (AvgIpc) is 2.93. The summed E-state index contributed by atoms with van der Waals surface area (Å²) in [7, 11) is 0. The average molecular weight is 298 g/mol. The van der Waals surface area contributed by atoms with Gasteiger partial charge in [-0.3, -0.25) is 4.79 Å². The Bertz CT molecular complexity index is 474. The van der Waals surface area contributed by atoms with E-state index in [1.165, 1.54) is 0 Å². The number of rotatable bonds is 6. The lowest BCUT2D eigenvalue weighted by atomic mass is 9.99. The number of nitrogens with one attached hydrogen (secondary N) is 1. The molecule has 0 saturated heterocycles. The van der Waals surface area contributed by atoms with Crippen molar-refractivity contribution in [2.45, 2.75) is 32.1 Å². The van der Waals surface area contributed by atoms with Crippen LogP contribution in [-0.4, -0.2) is 24.6 Å². The highest BCUT2D eigenvalue weighted by atomic mass is 35.5. The number of carbonyl (C=O) groups is 1. The van der Waals surface area contributed by atoms with Crippen molar-refractivity contribution in [2.75, 3.05) is 13.3 Å². The molecule has 110 valence electrons. The van der Waals surface area contributed by atoms with Crippen LogP contribution in [-0.2, 0) is 0 Å². The van der Waals surface area contributed by atoms with Gasteiger partial charge in [-0.05, 0) is 24.1 Å². The normalized spacial score (nSPS) is 14.4. The summed E-state index contributed by atoms with van der Waals surface area (Å²) in [6.45, 7) is 4.91. The van der Waals surface area contributed by atoms with E-state index in [0.29, 0.717) is 29.5 Å². The Labute approximate surface area is 124 Å². The monoisotopic (exact) mass is 297 g/mol. The zero-order chi connectivity index (χ0) is 14.5. The zero-order valence-electron chi connectivity index (χ0n) is 11.8. The maximum Gasteiger partial charge on any atom is 0.251 e. The Kier molecular flexibility index (Phi) is 5.12. The Morgan fingerprint density at radius 3 is 2.70 bits per heavy atom. The minimum absolute atomic E-state index is 0.0389. The molecule has 5 heteroatoms. The van der Waals surface area contributed by atoms with Gasteiger partial charge in [0.1, 0.15) is 0 Å². The van der Waals surface area contributed by atoms with Gasteiger partial charge in [0.05, 0.1) is 5.38 Å². The highest BCUT2D eigenvalue weighted by molar-refractivity contribution is 6.21. The van der Waals surface area contributed by atoms with E-state index in [4.69, 9.17) is 21.1 Å². The van der Waals surface area contributed by atoms with Crippen LogP contribution < -0.4 is 14.8 Å². The second kappa shape index (κ2) is 6.84. The van der Waals surface area contributed by atoms with Gasteiger partial charge in [-0.1, -0.05) is 26.7 Å². The standard InChI is InChI=1S/C15H20ClNO3/c1-3-10(4-2)12(16)8-17-15(18)11-5-6-13-14(7-11)20-9-19-13/h5-7,10,12H,3-4,8-9H2,1-2H3,(H,17,18). The number of halogens is 1. The lowest BCUT2D eigenvalue weighted by Crippen LogP contribution is -2.33. The van der Waals surface area contributed by atoms with E-state index in [1.807, 2.05) is 0 Å². The first-order valence-electron chi connectivity index (χ1n) is 6.97. The molecule has 1 heterocycles. The second-order valence-electron chi connectivity index (χ2n) is 4.87. The number of hydrogen-bond acceptors (Lipinski definition) is 3. The summed E-state index contributed by atoms with van der Waals surface area (Å²) in [6.07, 6.45) is 2.04. The SMILES string of the molecule is CCC(CC)C(Cl)CNC(=O)c1ccc2c(c1)OCO2. The van der Waals surface area contributed by atoms with E-state index in [-0.39, 0.29) is 18.1 Å². The summed E-state index contributed by atoms with van der Waals surface area (Å²) < 4.78 is 10.5. The lowest BCUT2D eigenvalue weighted by molar-refractivity contribution is 0.0951. The Morgan fingerprint density at radius 1 is 1.30 bits per heavy atom. The first-order chi connectivity index (χ1) is 9.65. The van der Waals surface area contributed by atoms with Crippen molar-refractivity contribution in [3.8, 4) is 11.5 Å². The van der Waals surface area contributed by atoms with Crippen LogP contribution in [0.5, 0.6) is 11.5 Å². The van der Waals surface area contributed by atoms with Crippen molar-refractivity contribution in [1.82, 2.24) is 5.32 Å². The Morgan fingerprint density at radius 2 is 2.00 bits per heavy atom. The van der Waals surface area contributed by atoms with Gasteiger partial charge in [0.25, 0.3) is 5.91 Å². The molecule has 1 aromatic rings. The van der Waals surface area contributed by atoms with Crippen molar-refractivity contribution >= 4 is 17.5 Å². The van der Waals surface area contributed by atoms with Crippen LogP contribution in [0.2, 0.25) is 0 Å². The highest BCUT2D eigenvalue weighted by Gasteiger charge is 2.19. The minimum atomic E-state index is -0.139. The summed E-state index contributed by atoms with van der Waals surface area (Å²) in [5, 5.41) is 2.83. The molecule has 1 atom stereocenters. The molecule has 0 radical (unpaired) electrons. The van der Waals surface area contributed by atoms with Crippen molar-refractivity contribution < 1.29 is 14.3 Å². The molecule has 0 fully saturated rings. The van der Waals surface area contributed by atoms with Crippen LogP contribution in [0.1, 0.15) is 37.0 Å². The largest absolute Gasteiger partial charge is 0.454 e. The number of hydrogen-bond donors (Lipinski definition) is 1. The smallest absolute Gasteiger partial charge is 0.251 e. The fraction of sp³-hybridized carbons (Fsp3) is 0.533. The van der Waals surface area contributed by atoms with Gasteiger partial charge in [-0.15, -0.1) is 11.6 Å². The molecule has 0 aliphatic carbocycles. The van der Waals surface area contributed by atoms with E-state index in [2.05, 4.69) is 19.2 Å². The topological polar surface area (TPSA) is 47.6 Å². The first kappa shape index (κ1) is 15.0. The van der Waals surface area contributed by atoms with Gasteiger partial charge >= 0.3 is 0 Å². The van der Waals surface area contributed by atoms with Crippen LogP contribution in [0.4, 0.5) is 0 Å². The Balaban J connectivity index is 1.92. The molecule has 0 bridgehead atoms. The predicted octanol–water partition coefficient (Wildman–Crippen LogP) is 3.19. The number of carbonyl (C=O) groups excluding carboxylic acids is 1. The number of amides is 1. The van der Waals surface area contributed by atoms with Gasteiger partial charge in [-0.2, -0.15) is 0 Å². The molecular formula is C15H20ClNO3. The van der Waals surface area contributed by atoms with Crippen LogP contribution in [0, 0.1) is 5.92 Å². The molecule has 0 spiro atoms. The van der Waals surface area contributed by atoms with Crippen molar-refractivity contribution in [2.24, 2.45) is 5.92 Å². The third kappa shape index (κ3) is 3.37. The summed E-state index contributed by atoms with van der Waals surface area (Å²) in [6, 6.07) is 5.16. The molecule has 4 nitrogen and oxygen atoms in total. The molecule has 0 saturated carbocycles. The maximum atomic E-state index is 12.1. The fourth-order valence-electron chi connectivity index (χ4n) is 2.30. The number of ether oxygens (including phenoxy) is 2. The second-order valence-corrected chi connectivity index (χ2v) is 5.43. The molecule has 1 aromatic carbocycles. The third-order valence-corrected chi connectivity index (χ3v) is 4.16. The molecule has 1 unspecified atom stereocenters. The molecule has 1 amide bonds. The van der Waals surface area contributed by atoms with E-state index in [9.17, 15) is 4.79 Å². The number of benzene rings is 1.